The molecule has 0 aliphatic rings. The number of unbranched alkanes of at least 4 members (excludes halogenated alkanes) is 3. The van der Waals surface area contributed by atoms with Crippen molar-refractivity contribution in [3.63, 3.8) is 0 Å². The molecule has 0 bridgehead atoms. The van der Waals surface area contributed by atoms with Crippen LogP contribution in [-0.2, 0) is 0 Å². The van der Waals surface area contributed by atoms with Gasteiger partial charge in [0.15, 0.2) is 0 Å². The van der Waals surface area contributed by atoms with Crippen LogP contribution in [0.5, 0.6) is 0 Å². The summed E-state index contributed by atoms with van der Waals surface area (Å²) in [5.41, 5.74) is 1.13. The van der Waals surface area contributed by atoms with Crippen molar-refractivity contribution in [1.29, 1.82) is 0 Å². The third kappa shape index (κ3) is 4.95. The van der Waals surface area contributed by atoms with Gasteiger partial charge in [0.25, 0.3) is 0 Å². The van der Waals surface area contributed by atoms with Crippen molar-refractivity contribution < 1.29 is 0 Å². The lowest BCUT2D eigenvalue weighted by Crippen LogP contribution is -1.75. The molecule has 1 aromatic carbocycles. The highest BCUT2D eigenvalue weighted by molar-refractivity contribution is 7.98. The number of thioether (sulfide) groups is 1. The third-order valence-electron chi connectivity index (χ3n) is 2.23. The first-order valence-corrected chi connectivity index (χ1v) is 6.72. The maximum absolute atomic E-state index is 3.22. The molecule has 0 amide bonds. The van der Waals surface area contributed by atoms with Crippen LogP contribution in [0, 0.1) is 11.8 Å². The van der Waals surface area contributed by atoms with Gasteiger partial charge in [-0.1, -0.05) is 31.6 Å². The predicted octanol–water partition coefficient (Wildman–Crippen LogP) is 4.34. The van der Waals surface area contributed by atoms with Gasteiger partial charge in [-0.2, -0.15) is 0 Å². The van der Waals surface area contributed by atoms with Gasteiger partial charge in [-0.25, -0.2) is 0 Å². The van der Waals surface area contributed by atoms with Crippen molar-refractivity contribution in [3.8, 4) is 11.8 Å². The lowest BCUT2D eigenvalue weighted by molar-refractivity contribution is 0.737. The topological polar surface area (TPSA) is 0 Å². The summed E-state index contributed by atoms with van der Waals surface area (Å²) in [4.78, 5) is 1.30. The Morgan fingerprint density at radius 1 is 1.13 bits per heavy atom. The van der Waals surface area contributed by atoms with Crippen LogP contribution in [0.2, 0.25) is 0 Å². The minimum atomic E-state index is 1.03. The summed E-state index contributed by atoms with van der Waals surface area (Å²) >= 11 is 1.76. The van der Waals surface area contributed by atoms with E-state index in [1.54, 1.807) is 11.8 Å². The van der Waals surface area contributed by atoms with Gasteiger partial charge in [0, 0.05) is 16.9 Å². The second-order valence-corrected chi connectivity index (χ2v) is 4.37. The summed E-state index contributed by atoms with van der Waals surface area (Å²) < 4.78 is 0. The summed E-state index contributed by atoms with van der Waals surface area (Å²) in [6, 6.07) is 8.44. The molecular weight excluding hydrogens is 200 g/mol. The van der Waals surface area contributed by atoms with Gasteiger partial charge >= 0.3 is 0 Å². The van der Waals surface area contributed by atoms with Crippen molar-refractivity contribution in [2.45, 2.75) is 37.5 Å². The molecule has 0 fully saturated rings. The number of benzene rings is 1. The van der Waals surface area contributed by atoms with Crippen LogP contribution in [-0.4, -0.2) is 6.26 Å². The SMILES string of the molecule is CCCCCC#Cc1ccc(SC)cc1. The highest BCUT2D eigenvalue weighted by atomic mass is 32.2. The molecule has 0 saturated heterocycles. The summed E-state index contributed by atoms with van der Waals surface area (Å²) in [7, 11) is 0. The summed E-state index contributed by atoms with van der Waals surface area (Å²) in [5, 5.41) is 0. The van der Waals surface area contributed by atoms with E-state index in [9.17, 15) is 0 Å². The first kappa shape index (κ1) is 12.2. The van der Waals surface area contributed by atoms with Crippen molar-refractivity contribution in [3.05, 3.63) is 29.8 Å². The summed E-state index contributed by atoms with van der Waals surface area (Å²) in [6.45, 7) is 2.22. The lowest BCUT2D eigenvalue weighted by Gasteiger charge is -1.94. The molecule has 1 rings (SSSR count). The smallest absolute Gasteiger partial charge is 0.0246 e. The molecule has 0 unspecified atom stereocenters. The van der Waals surface area contributed by atoms with Gasteiger partial charge in [-0.3, -0.25) is 0 Å². The van der Waals surface area contributed by atoms with E-state index in [4.69, 9.17) is 0 Å². The number of rotatable bonds is 4. The van der Waals surface area contributed by atoms with Crippen molar-refractivity contribution >= 4 is 11.8 Å². The molecule has 0 radical (unpaired) electrons. The molecular formula is C14H18S. The normalized spacial score (nSPS) is 9.47. The average molecular weight is 218 g/mol. The Morgan fingerprint density at radius 2 is 1.87 bits per heavy atom. The zero-order valence-electron chi connectivity index (χ0n) is 9.55. The largest absolute Gasteiger partial charge is 0.130 e. The molecule has 0 aliphatic heterocycles. The molecule has 1 heteroatoms. The Labute approximate surface area is 97.5 Å². The van der Waals surface area contributed by atoms with Gasteiger partial charge in [0.1, 0.15) is 0 Å². The Morgan fingerprint density at radius 3 is 2.47 bits per heavy atom. The maximum atomic E-state index is 3.22. The fraction of sp³-hybridized carbons (Fsp3) is 0.429. The van der Waals surface area contributed by atoms with E-state index in [0.717, 1.165) is 12.0 Å². The van der Waals surface area contributed by atoms with Gasteiger partial charge in [0.05, 0.1) is 0 Å². The Hall–Kier alpha value is -0.870. The molecule has 0 nitrogen and oxygen atoms in total. The van der Waals surface area contributed by atoms with Crippen LogP contribution in [0.1, 0.15) is 38.2 Å². The maximum Gasteiger partial charge on any atom is 0.0246 e. The van der Waals surface area contributed by atoms with E-state index in [1.165, 1.54) is 24.2 Å². The molecule has 0 spiro atoms. The average Bonchev–Trinajstić information content (AvgIpc) is 2.30. The molecule has 1 aromatic rings. The quantitative estimate of drug-likeness (QED) is 0.411. The zero-order valence-corrected chi connectivity index (χ0v) is 10.4. The van der Waals surface area contributed by atoms with E-state index in [0.29, 0.717) is 0 Å². The van der Waals surface area contributed by atoms with Gasteiger partial charge < -0.3 is 0 Å². The van der Waals surface area contributed by atoms with Gasteiger partial charge in [-0.05, 0) is 36.9 Å². The standard InChI is InChI=1S/C14H18S/c1-3-4-5-6-7-8-13-9-11-14(15-2)12-10-13/h9-12H,3-6H2,1-2H3. The zero-order chi connectivity index (χ0) is 10.9. The van der Waals surface area contributed by atoms with E-state index in [2.05, 4.69) is 49.3 Å². The Balaban J connectivity index is 2.42. The van der Waals surface area contributed by atoms with Crippen molar-refractivity contribution in [1.82, 2.24) is 0 Å². The van der Waals surface area contributed by atoms with Gasteiger partial charge in [0.2, 0.25) is 0 Å². The minimum Gasteiger partial charge on any atom is -0.130 e. The molecule has 0 atom stereocenters. The highest BCUT2D eigenvalue weighted by Gasteiger charge is 1.89. The van der Waals surface area contributed by atoms with Crippen molar-refractivity contribution in [2.24, 2.45) is 0 Å². The van der Waals surface area contributed by atoms with Crippen LogP contribution in [0.25, 0.3) is 0 Å². The van der Waals surface area contributed by atoms with E-state index < -0.39 is 0 Å². The molecule has 0 saturated carbocycles. The van der Waals surface area contributed by atoms with Crippen LogP contribution in [0.4, 0.5) is 0 Å². The van der Waals surface area contributed by atoms with Crippen LogP contribution < -0.4 is 0 Å². The minimum absolute atomic E-state index is 1.03. The fourth-order valence-electron chi connectivity index (χ4n) is 1.30. The lowest BCUT2D eigenvalue weighted by atomic mass is 10.2. The number of hydrogen-bond acceptors (Lipinski definition) is 1. The Bertz CT molecular complexity index is 327. The van der Waals surface area contributed by atoms with E-state index in [-0.39, 0.29) is 0 Å². The fourth-order valence-corrected chi connectivity index (χ4v) is 1.71. The molecule has 0 heterocycles. The van der Waals surface area contributed by atoms with Crippen LogP contribution >= 0.6 is 11.8 Å². The monoisotopic (exact) mass is 218 g/mol. The summed E-state index contributed by atoms with van der Waals surface area (Å²) in [6.07, 6.45) is 6.90. The third-order valence-corrected chi connectivity index (χ3v) is 2.97. The molecule has 0 N–H and O–H groups in total. The molecule has 0 aliphatic carbocycles. The predicted molar refractivity (Wildman–Crippen MR) is 69.2 cm³/mol. The molecule has 0 aromatic heterocycles. The highest BCUT2D eigenvalue weighted by Crippen LogP contribution is 2.14. The second-order valence-electron chi connectivity index (χ2n) is 3.49. The van der Waals surface area contributed by atoms with Crippen LogP contribution in [0.15, 0.2) is 29.2 Å². The molecule has 15 heavy (non-hydrogen) atoms. The van der Waals surface area contributed by atoms with Crippen molar-refractivity contribution in [2.75, 3.05) is 6.26 Å². The van der Waals surface area contributed by atoms with Crippen LogP contribution in [0.3, 0.4) is 0 Å². The summed E-state index contributed by atoms with van der Waals surface area (Å²) in [5.74, 6) is 6.41. The second kappa shape index (κ2) is 7.43. The van der Waals surface area contributed by atoms with Gasteiger partial charge in [-0.15, -0.1) is 11.8 Å². The Kier molecular flexibility index (Phi) is 6.04. The van der Waals surface area contributed by atoms with E-state index >= 15 is 0 Å². The number of hydrogen-bond donors (Lipinski definition) is 0. The first-order valence-electron chi connectivity index (χ1n) is 5.49. The first-order chi connectivity index (χ1) is 7.36. The molecule has 80 valence electrons. The van der Waals surface area contributed by atoms with E-state index in [1.807, 2.05) is 0 Å².